The van der Waals surface area contributed by atoms with Crippen molar-refractivity contribution < 1.29 is 14.3 Å². The molecule has 1 aliphatic heterocycles. The van der Waals surface area contributed by atoms with Crippen LogP contribution >= 0.6 is 0 Å². The largest absolute Gasteiger partial charge is 0.377 e. The Hall–Kier alpha value is -2.81. The van der Waals surface area contributed by atoms with Crippen molar-refractivity contribution in [3.8, 4) is 0 Å². The molecular weight excluding hydrogens is 348 g/mol. The molecule has 0 saturated carbocycles. The molecule has 0 bridgehead atoms. The van der Waals surface area contributed by atoms with E-state index in [9.17, 15) is 9.59 Å². The molecular formula is C18H24N6O3. The Labute approximate surface area is 157 Å². The average Bonchev–Trinajstić information content (AvgIpc) is 3.17. The molecule has 3 rings (SSSR count). The highest BCUT2D eigenvalue weighted by Gasteiger charge is 2.29. The van der Waals surface area contributed by atoms with Crippen LogP contribution < -0.4 is 5.32 Å². The predicted octanol–water partition coefficient (Wildman–Crippen LogP) is 1.02. The normalized spacial score (nSPS) is 16.9. The van der Waals surface area contributed by atoms with Crippen LogP contribution in [0.25, 0.3) is 0 Å². The van der Waals surface area contributed by atoms with E-state index >= 15 is 0 Å². The van der Waals surface area contributed by atoms with E-state index in [1.807, 2.05) is 13.0 Å². The second kappa shape index (κ2) is 9.22. The second-order valence-corrected chi connectivity index (χ2v) is 6.52. The van der Waals surface area contributed by atoms with Gasteiger partial charge in [0.2, 0.25) is 11.8 Å². The molecule has 0 aliphatic carbocycles. The fourth-order valence-electron chi connectivity index (χ4n) is 3.05. The molecule has 3 heterocycles. The summed E-state index contributed by atoms with van der Waals surface area (Å²) in [5.41, 5.74) is 1.63. The van der Waals surface area contributed by atoms with Gasteiger partial charge in [-0.2, -0.15) is 5.10 Å². The van der Waals surface area contributed by atoms with Gasteiger partial charge in [-0.3, -0.25) is 19.3 Å². The third kappa shape index (κ3) is 5.33. The first-order valence-corrected chi connectivity index (χ1v) is 9.03. The summed E-state index contributed by atoms with van der Waals surface area (Å²) >= 11 is 0. The third-order valence-corrected chi connectivity index (χ3v) is 4.53. The Morgan fingerprint density at radius 3 is 3.04 bits per heavy atom. The lowest BCUT2D eigenvalue weighted by Crippen LogP contribution is -2.50. The van der Waals surface area contributed by atoms with E-state index < -0.39 is 0 Å². The molecule has 0 radical (unpaired) electrons. The third-order valence-electron chi connectivity index (χ3n) is 4.53. The molecule has 2 aromatic heterocycles. The second-order valence-electron chi connectivity index (χ2n) is 6.52. The van der Waals surface area contributed by atoms with E-state index in [-0.39, 0.29) is 24.3 Å². The van der Waals surface area contributed by atoms with E-state index in [0.29, 0.717) is 44.8 Å². The summed E-state index contributed by atoms with van der Waals surface area (Å²) in [6.07, 6.45) is 7.68. The number of morpholine rings is 1. The van der Waals surface area contributed by atoms with Crippen LogP contribution in [0.4, 0.5) is 5.69 Å². The van der Waals surface area contributed by atoms with Crippen molar-refractivity contribution in [1.82, 2.24) is 24.6 Å². The lowest BCUT2D eigenvalue weighted by molar-refractivity contribution is -0.141. The maximum atomic E-state index is 12.6. The van der Waals surface area contributed by atoms with Gasteiger partial charge in [0.1, 0.15) is 12.7 Å². The summed E-state index contributed by atoms with van der Waals surface area (Å²) in [5, 5.41) is 6.89. The fourth-order valence-corrected chi connectivity index (χ4v) is 3.05. The summed E-state index contributed by atoms with van der Waals surface area (Å²) < 4.78 is 7.19. The number of rotatable bonds is 7. The van der Waals surface area contributed by atoms with Gasteiger partial charge in [-0.05, 0) is 25.0 Å². The van der Waals surface area contributed by atoms with Crippen LogP contribution in [0.3, 0.4) is 0 Å². The topological polar surface area (TPSA) is 102 Å². The fraction of sp³-hybridized carbons (Fsp3) is 0.500. The van der Waals surface area contributed by atoms with Crippen molar-refractivity contribution in [3.05, 3.63) is 36.7 Å². The Balaban J connectivity index is 1.52. The van der Waals surface area contributed by atoms with Gasteiger partial charge in [-0.1, -0.05) is 0 Å². The number of carbonyl (C=O) groups excluding carboxylic acids is 2. The lowest BCUT2D eigenvalue weighted by Gasteiger charge is -2.35. The van der Waals surface area contributed by atoms with E-state index in [1.165, 1.54) is 6.33 Å². The maximum Gasteiger partial charge on any atom is 0.226 e. The summed E-state index contributed by atoms with van der Waals surface area (Å²) in [6, 6.07) is 1.58. The first kappa shape index (κ1) is 19.0. The highest BCUT2D eigenvalue weighted by Crippen LogP contribution is 2.16. The number of amides is 2. The zero-order valence-electron chi connectivity index (χ0n) is 15.4. The summed E-state index contributed by atoms with van der Waals surface area (Å²) in [6.45, 7) is 3.92. The highest BCUT2D eigenvalue weighted by molar-refractivity contribution is 5.92. The Bertz CT molecular complexity index is 764. The summed E-state index contributed by atoms with van der Waals surface area (Å²) in [5.74, 6) is -0.115. The van der Waals surface area contributed by atoms with Crippen molar-refractivity contribution in [2.45, 2.75) is 38.8 Å². The molecule has 1 saturated heterocycles. The number of hydrogen-bond donors (Lipinski definition) is 1. The van der Waals surface area contributed by atoms with Crippen LogP contribution in [0.15, 0.2) is 31.1 Å². The quantitative estimate of drug-likeness (QED) is 0.778. The van der Waals surface area contributed by atoms with Gasteiger partial charge in [0, 0.05) is 32.1 Å². The number of aryl methyl sites for hydroxylation is 2. The van der Waals surface area contributed by atoms with E-state index in [2.05, 4.69) is 20.4 Å². The molecule has 27 heavy (non-hydrogen) atoms. The van der Waals surface area contributed by atoms with Crippen molar-refractivity contribution in [2.24, 2.45) is 0 Å². The molecule has 1 fully saturated rings. The van der Waals surface area contributed by atoms with E-state index in [4.69, 9.17) is 4.74 Å². The molecule has 1 N–H and O–H groups in total. The number of aromatic nitrogens is 4. The number of carbonyl (C=O) groups is 2. The summed E-state index contributed by atoms with van der Waals surface area (Å²) in [4.78, 5) is 34.7. The van der Waals surface area contributed by atoms with Crippen molar-refractivity contribution in [1.29, 1.82) is 0 Å². The number of anilines is 1. The van der Waals surface area contributed by atoms with Crippen molar-refractivity contribution in [3.63, 3.8) is 0 Å². The van der Waals surface area contributed by atoms with Crippen molar-refractivity contribution in [2.75, 3.05) is 25.1 Å². The minimum absolute atomic E-state index is 0.0359. The molecule has 0 unspecified atom stereocenters. The van der Waals surface area contributed by atoms with Gasteiger partial charge in [-0.25, -0.2) is 4.98 Å². The molecule has 2 aromatic rings. The summed E-state index contributed by atoms with van der Waals surface area (Å²) in [7, 11) is 0. The van der Waals surface area contributed by atoms with E-state index in [0.717, 1.165) is 5.56 Å². The van der Waals surface area contributed by atoms with Gasteiger partial charge in [0.25, 0.3) is 0 Å². The molecule has 0 spiro atoms. The molecule has 144 valence electrons. The smallest absolute Gasteiger partial charge is 0.226 e. The number of pyridine rings is 1. The zero-order chi connectivity index (χ0) is 19.1. The monoisotopic (exact) mass is 372 g/mol. The number of ether oxygens (including phenoxy) is 1. The lowest BCUT2D eigenvalue weighted by atomic mass is 10.1. The minimum Gasteiger partial charge on any atom is -0.377 e. The van der Waals surface area contributed by atoms with Gasteiger partial charge < -0.3 is 15.0 Å². The average molecular weight is 372 g/mol. The van der Waals surface area contributed by atoms with Crippen LogP contribution in [0, 0.1) is 6.92 Å². The maximum absolute atomic E-state index is 12.6. The Morgan fingerprint density at radius 1 is 1.37 bits per heavy atom. The van der Waals surface area contributed by atoms with Gasteiger partial charge in [0.15, 0.2) is 0 Å². The van der Waals surface area contributed by atoms with Crippen LogP contribution in [-0.4, -0.2) is 62.3 Å². The molecule has 2 amide bonds. The first-order chi connectivity index (χ1) is 13.1. The number of hydrogen-bond acceptors (Lipinski definition) is 6. The van der Waals surface area contributed by atoms with Gasteiger partial charge in [-0.15, -0.1) is 0 Å². The van der Waals surface area contributed by atoms with E-state index in [1.54, 1.807) is 28.3 Å². The van der Waals surface area contributed by atoms with Crippen molar-refractivity contribution >= 4 is 17.5 Å². The van der Waals surface area contributed by atoms with Crippen LogP contribution in [0.5, 0.6) is 0 Å². The number of nitrogens with one attached hydrogen (secondary N) is 1. The molecule has 0 aromatic carbocycles. The standard InChI is InChI=1S/C18H24N6O3/c1-14-4-5-19-10-16(14)22-17(25)9-15-11-27-8-7-24(15)18(26)3-2-6-23-13-20-12-21-23/h4-5,10,12-13,15H,2-3,6-9,11H2,1H3,(H,22,25)/t15-/m1/s1. The zero-order valence-corrected chi connectivity index (χ0v) is 15.4. The highest BCUT2D eigenvalue weighted by atomic mass is 16.5. The van der Waals surface area contributed by atoms with Gasteiger partial charge >= 0.3 is 0 Å². The molecule has 9 nitrogen and oxygen atoms in total. The van der Waals surface area contributed by atoms with Crippen LogP contribution in [0.2, 0.25) is 0 Å². The molecule has 9 heteroatoms. The van der Waals surface area contributed by atoms with Crippen LogP contribution in [0.1, 0.15) is 24.8 Å². The minimum atomic E-state index is -0.255. The number of nitrogens with zero attached hydrogens (tertiary/aromatic N) is 5. The first-order valence-electron chi connectivity index (χ1n) is 9.03. The predicted molar refractivity (Wildman–Crippen MR) is 97.8 cm³/mol. The van der Waals surface area contributed by atoms with Crippen LogP contribution in [-0.2, 0) is 20.9 Å². The SMILES string of the molecule is Cc1ccncc1NC(=O)C[C@@H]1COCCN1C(=O)CCCn1cncn1. The molecule has 1 aliphatic rings. The Morgan fingerprint density at radius 2 is 2.26 bits per heavy atom. The van der Waals surface area contributed by atoms with Gasteiger partial charge in [0.05, 0.1) is 31.1 Å². The molecule has 1 atom stereocenters. The Kier molecular flexibility index (Phi) is 6.48.